The quantitative estimate of drug-likeness (QED) is 0.239. The van der Waals surface area contributed by atoms with Crippen LogP contribution in [0.2, 0.25) is 0 Å². The fraction of sp³-hybridized carbons (Fsp3) is 0.609. The third-order valence-corrected chi connectivity index (χ3v) is 7.06. The third-order valence-electron chi connectivity index (χ3n) is 7.06. The van der Waals surface area contributed by atoms with Gasteiger partial charge in [0.1, 0.15) is 12.2 Å². The van der Waals surface area contributed by atoms with Crippen LogP contribution in [0.15, 0.2) is 18.9 Å². The Kier molecular flexibility index (Phi) is 6.63. The number of nitrogens with zero attached hydrogens (tertiary/aromatic N) is 10. The highest BCUT2D eigenvalue weighted by Gasteiger charge is 2.47. The van der Waals surface area contributed by atoms with Crippen molar-refractivity contribution in [3.05, 3.63) is 30.4 Å². The average Bonchev–Trinajstić information content (AvgIpc) is 3.73. The van der Waals surface area contributed by atoms with E-state index in [1.807, 2.05) is 24.7 Å². The first-order valence-electron chi connectivity index (χ1n) is 13.0. The topological polar surface area (TPSA) is 179 Å². The molecule has 5 heterocycles. The number of tetrazole rings is 1. The zero-order chi connectivity index (χ0) is 26.2. The van der Waals surface area contributed by atoms with Crippen LogP contribution >= 0.6 is 0 Å². The number of aryl methyl sites for hydroxylation is 2. The fourth-order valence-electron chi connectivity index (χ4n) is 5.05. The lowest BCUT2D eigenvalue weighted by Gasteiger charge is -2.18. The summed E-state index contributed by atoms with van der Waals surface area (Å²) in [7, 11) is 1.94. The number of aromatic nitrogens is 10. The number of rotatable bonds is 9. The molecule has 2 aliphatic rings. The van der Waals surface area contributed by atoms with Crippen LogP contribution in [-0.2, 0) is 24.8 Å². The van der Waals surface area contributed by atoms with Crippen molar-refractivity contribution in [3.63, 3.8) is 0 Å². The molecule has 4 aromatic heterocycles. The summed E-state index contributed by atoms with van der Waals surface area (Å²) in [5.74, 6) is 1.26. The number of aliphatic hydroxyl groups excluding tert-OH is 2. The molecule has 0 bridgehead atoms. The second-order valence-electron chi connectivity index (χ2n) is 9.82. The lowest BCUT2D eigenvalue weighted by atomic mass is 10.1. The lowest BCUT2D eigenvalue weighted by Crippen LogP contribution is -2.29. The van der Waals surface area contributed by atoms with Crippen LogP contribution in [0.25, 0.3) is 11.2 Å². The largest absolute Gasteiger partial charge is 0.387 e. The minimum Gasteiger partial charge on any atom is -0.387 e. The number of imidazole rings is 2. The van der Waals surface area contributed by atoms with E-state index in [1.165, 1.54) is 17.6 Å². The van der Waals surface area contributed by atoms with Gasteiger partial charge in [0.25, 0.3) is 0 Å². The normalized spacial score (nSPS) is 24.0. The van der Waals surface area contributed by atoms with Gasteiger partial charge < -0.3 is 30.2 Å². The van der Waals surface area contributed by atoms with Crippen molar-refractivity contribution in [3.8, 4) is 0 Å². The molecule has 0 radical (unpaired) electrons. The summed E-state index contributed by atoms with van der Waals surface area (Å²) < 4.78 is 9.60. The van der Waals surface area contributed by atoms with Gasteiger partial charge in [-0.2, -0.15) is 14.8 Å². The van der Waals surface area contributed by atoms with E-state index < -0.39 is 24.5 Å². The molecule has 15 nitrogen and oxygen atoms in total. The van der Waals surface area contributed by atoms with Crippen molar-refractivity contribution in [2.45, 2.75) is 76.2 Å². The van der Waals surface area contributed by atoms with Crippen LogP contribution in [0.3, 0.4) is 0 Å². The molecular weight excluding hydrogens is 492 g/mol. The van der Waals surface area contributed by atoms with Crippen molar-refractivity contribution in [1.29, 1.82) is 0 Å². The minimum atomic E-state index is -1.26. The number of hydrogen-bond acceptors (Lipinski definition) is 12. The Morgan fingerprint density at radius 3 is 2.68 bits per heavy atom. The van der Waals surface area contributed by atoms with E-state index in [0.29, 0.717) is 48.5 Å². The van der Waals surface area contributed by atoms with Crippen LogP contribution in [-0.4, -0.2) is 84.3 Å². The number of fused-ring (bicyclic) bond motifs is 1. The van der Waals surface area contributed by atoms with E-state index in [2.05, 4.69) is 36.0 Å². The van der Waals surface area contributed by atoms with Gasteiger partial charge in [0.15, 0.2) is 29.3 Å². The van der Waals surface area contributed by atoms with Crippen LogP contribution < -0.4 is 10.6 Å². The van der Waals surface area contributed by atoms with Gasteiger partial charge in [-0.25, -0.2) is 9.97 Å². The SMILES string of the molecule is CCn1nnc([C@H]2O[C@@H](n3cnc4c(NC5CCCC5)nc(NCCc5cn(C)cn5)nc43)[C@H](O)[C@@H]2O)n1. The summed E-state index contributed by atoms with van der Waals surface area (Å²) in [6.45, 7) is 2.99. The predicted molar refractivity (Wildman–Crippen MR) is 135 cm³/mol. The fourth-order valence-corrected chi connectivity index (χ4v) is 5.05. The number of hydrogen-bond donors (Lipinski definition) is 4. The van der Waals surface area contributed by atoms with E-state index >= 15 is 0 Å². The van der Waals surface area contributed by atoms with Gasteiger partial charge in [-0.3, -0.25) is 4.57 Å². The Hall–Kier alpha value is -3.69. The molecule has 6 rings (SSSR count). The van der Waals surface area contributed by atoms with Gasteiger partial charge in [-0.1, -0.05) is 12.8 Å². The van der Waals surface area contributed by atoms with E-state index in [-0.39, 0.29) is 5.82 Å². The van der Waals surface area contributed by atoms with Gasteiger partial charge in [-0.15, -0.1) is 10.2 Å². The number of anilines is 2. The van der Waals surface area contributed by atoms with Crippen LogP contribution in [0.1, 0.15) is 56.5 Å². The molecule has 0 aromatic carbocycles. The Bertz CT molecular complexity index is 1390. The number of nitrogens with one attached hydrogen (secondary N) is 2. The van der Waals surface area contributed by atoms with Gasteiger partial charge in [0, 0.05) is 32.3 Å². The first kappa shape index (κ1) is 24.6. The Morgan fingerprint density at radius 1 is 1.11 bits per heavy atom. The molecule has 0 spiro atoms. The molecule has 0 unspecified atom stereocenters. The van der Waals surface area contributed by atoms with Gasteiger partial charge in [0.2, 0.25) is 11.8 Å². The number of aliphatic hydroxyl groups is 2. The highest BCUT2D eigenvalue weighted by atomic mass is 16.6. The zero-order valence-corrected chi connectivity index (χ0v) is 21.3. The highest BCUT2D eigenvalue weighted by Crippen LogP contribution is 2.39. The van der Waals surface area contributed by atoms with Crippen molar-refractivity contribution in [2.24, 2.45) is 7.05 Å². The standard InChI is InChI=1S/C23H32N12O3/c1-3-35-31-20(30-32-35)18-16(36)17(37)22(38-18)34-12-26-15-19(27-13-6-4-5-7-13)28-23(29-21(15)34)24-9-8-14-10-33(2)11-25-14/h10-13,16-18,22,36-37H,3-9H2,1-2H3,(H2,24,27,28,29)/t16-,17+,18-,22+/m0/s1. The summed E-state index contributed by atoms with van der Waals surface area (Å²) in [5.41, 5.74) is 2.01. The van der Waals surface area contributed by atoms with Crippen LogP contribution in [0, 0.1) is 0 Å². The van der Waals surface area contributed by atoms with E-state index in [9.17, 15) is 10.2 Å². The Balaban J connectivity index is 1.29. The number of ether oxygens (including phenoxy) is 1. The molecule has 1 saturated heterocycles. The maximum absolute atomic E-state index is 10.9. The summed E-state index contributed by atoms with van der Waals surface area (Å²) >= 11 is 0. The molecule has 0 amide bonds. The van der Waals surface area contributed by atoms with Gasteiger partial charge in [-0.05, 0) is 25.0 Å². The summed E-state index contributed by atoms with van der Waals surface area (Å²) in [5, 5.41) is 40.7. The molecule has 4 N–H and O–H groups in total. The molecule has 4 atom stereocenters. The molecule has 4 aromatic rings. The summed E-state index contributed by atoms with van der Waals surface area (Å²) in [6, 6.07) is 0.311. The molecule has 15 heteroatoms. The summed E-state index contributed by atoms with van der Waals surface area (Å²) in [6.07, 6.45) is 6.08. The van der Waals surface area contributed by atoms with Gasteiger partial charge >= 0.3 is 0 Å². The van der Waals surface area contributed by atoms with E-state index in [4.69, 9.17) is 14.7 Å². The second kappa shape index (κ2) is 10.2. The molecular formula is C23H32N12O3. The van der Waals surface area contributed by atoms with Crippen molar-refractivity contribution in [1.82, 2.24) is 49.3 Å². The van der Waals surface area contributed by atoms with Crippen LogP contribution in [0.5, 0.6) is 0 Å². The van der Waals surface area contributed by atoms with E-state index in [0.717, 1.165) is 18.5 Å². The molecule has 1 saturated carbocycles. The van der Waals surface area contributed by atoms with Crippen molar-refractivity contribution in [2.75, 3.05) is 17.2 Å². The predicted octanol–water partition coefficient (Wildman–Crippen LogP) is 0.567. The maximum Gasteiger partial charge on any atom is 0.226 e. The van der Waals surface area contributed by atoms with Crippen molar-refractivity contribution >= 4 is 22.9 Å². The molecule has 38 heavy (non-hydrogen) atoms. The first-order chi connectivity index (χ1) is 18.5. The van der Waals surface area contributed by atoms with Gasteiger partial charge in [0.05, 0.1) is 24.9 Å². The minimum absolute atomic E-state index is 0.209. The van der Waals surface area contributed by atoms with E-state index in [1.54, 1.807) is 17.2 Å². The summed E-state index contributed by atoms with van der Waals surface area (Å²) in [4.78, 5) is 19.8. The Labute approximate surface area is 218 Å². The van der Waals surface area contributed by atoms with Crippen molar-refractivity contribution < 1.29 is 14.9 Å². The maximum atomic E-state index is 10.9. The average molecular weight is 525 g/mol. The highest BCUT2D eigenvalue weighted by molar-refractivity contribution is 5.84. The molecule has 1 aliphatic carbocycles. The first-order valence-corrected chi connectivity index (χ1v) is 13.0. The second-order valence-corrected chi connectivity index (χ2v) is 9.82. The smallest absolute Gasteiger partial charge is 0.226 e. The molecule has 2 fully saturated rings. The van der Waals surface area contributed by atoms with Crippen LogP contribution in [0.4, 0.5) is 11.8 Å². The molecule has 202 valence electrons. The molecule has 1 aliphatic heterocycles. The third kappa shape index (κ3) is 4.68. The lowest BCUT2D eigenvalue weighted by molar-refractivity contribution is -0.0384. The monoisotopic (exact) mass is 524 g/mol. The zero-order valence-electron chi connectivity index (χ0n) is 21.3. The Morgan fingerprint density at radius 2 is 1.95 bits per heavy atom.